The first-order chi connectivity index (χ1) is 16.3. The molecule has 1 atom stereocenters. The number of rotatable bonds is 4. The summed E-state index contributed by atoms with van der Waals surface area (Å²) in [7, 11) is 0. The fourth-order valence-corrected chi connectivity index (χ4v) is 4.78. The van der Waals surface area contributed by atoms with E-state index in [0.29, 0.717) is 16.8 Å². The predicted molar refractivity (Wildman–Crippen MR) is 129 cm³/mol. The summed E-state index contributed by atoms with van der Waals surface area (Å²) < 4.78 is 15.3. The van der Waals surface area contributed by atoms with E-state index >= 15 is 0 Å². The summed E-state index contributed by atoms with van der Waals surface area (Å²) in [6.45, 7) is 6.00. The number of fused-ring (bicyclic) bond motifs is 1. The Balaban J connectivity index is 1.72. The number of halogens is 2. The molecular formula is C26H23ClFN5O. The van der Waals surface area contributed by atoms with Crippen LogP contribution < -0.4 is 4.90 Å². The summed E-state index contributed by atoms with van der Waals surface area (Å²) in [4.78, 5) is 24.5. The molecule has 3 heterocycles. The Kier molecular flexibility index (Phi) is 5.65. The highest BCUT2D eigenvalue weighted by molar-refractivity contribution is 6.31. The van der Waals surface area contributed by atoms with Crippen LogP contribution >= 0.6 is 11.6 Å². The van der Waals surface area contributed by atoms with Crippen molar-refractivity contribution in [2.75, 3.05) is 4.90 Å². The minimum Gasteiger partial charge on any atom is -0.292 e. The van der Waals surface area contributed by atoms with E-state index in [9.17, 15) is 9.18 Å². The fraction of sp³-hybridized carbons (Fsp3) is 0.231. The van der Waals surface area contributed by atoms with Gasteiger partial charge in [0.05, 0.1) is 12.2 Å². The lowest BCUT2D eigenvalue weighted by Gasteiger charge is -2.33. The van der Waals surface area contributed by atoms with Crippen LogP contribution in [0, 0.1) is 26.6 Å². The van der Waals surface area contributed by atoms with Crippen LogP contribution in [-0.4, -0.2) is 25.7 Å². The quantitative estimate of drug-likeness (QED) is 0.394. The lowest BCUT2D eigenvalue weighted by molar-refractivity contribution is -0.119. The number of hydrogen-bond donors (Lipinski definition) is 0. The van der Waals surface area contributed by atoms with Crippen LogP contribution in [0.3, 0.4) is 0 Å². The Morgan fingerprint density at radius 1 is 1.03 bits per heavy atom. The number of anilines is 1. The first-order valence-corrected chi connectivity index (χ1v) is 11.4. The maximum absolute atomic E-state index is 13.6. The van der Waals surface area contributed by atoms with Gasteiger partial charge in [0.2, 0.25) is 5.91 Å². The fourth-order valence-electron chi connectivity index (χ4n) is 4.58. The maximum atomic E-state index is 13.6. The van der Waals surface area contributed by atoms with E-state index in [0.717, 1.165) is 33.8 Å². The van der Waals surface area contributed by atoms with Gasteiger partial charge in [-0.1, -0.05) is 41.9 Å². The minimum absolute atomic E-state index is 0.0766. The van der Waals surface area contributed by atoms with Crippen LogP contribution in [0.5, 0.6) is 0 Å². The molecule has 8 heteroatoms. The molecule has 4 aromatic rings. The SMILES string of the molecule is Cc1cc(C)nc(-n2nc(C)c3c2N(Cc2ccccc2Cl)C(=O)C[C@@H]3c2ccc(F)cc2)n1. The van der Waals surface area contributed by atoms with Crippen LogP contribution in [0.2, 0.25) is 5.02 Å². The van der Waals surface area contributed by atoms with E-state index in [4.69, 9.17) is 16.7 Å². The molecule has 172 valence electrons. The molecule has 1 amide bonds. The van der Waals surface area contributed by atoms with Gasteiger partial charge in [-0.3, -0.25) is 9.69 Å². The van der Waals surface area contributed by atoms with Crippen molar-refractivity contribution >= 4 is 23.3 Å². The van der Waals surface area contributed by atoms with Gasteiger partial charge in [-0.25, -0.2) is 14.4 Å². The molecule has 0 saturated heterocycles. The molecule has 34 heavy (non-hydrogen) atoms. The van der Waals surface area contributed by atoms with Crippen molar-refractivity contribution in [3.63, 3.8) is 0 Å². The zero-order valence-corrected chi connectivity index (χ0v) is 19.8. The van der Waals surface area contributed by atoms with Crippen molar-refractivity contribution in [3.8, 4) is 5.95 Å². The number of benzene rings is 2. The van der Waals surface area contributed by atoms with Crippen molar-refractivity contribution in [3.05, 3.63) is 99.2 Å². The van der Waals surface area contributed by atoms with E-state index in [-0.39, 0.29) is 30.6 Å². The molecule has 0 bridgehead atoms. The summed E-state index contributed by atoms with van der Waals surface area (Å²) in [5.74, 6) is 0.367. The van der Waals surface area contributed by atoms with Gasteiger partial charge in [0, 0.05) is 34.3 Å². The van der Waals surface area contributed by atoms with Gasteiger partial charge in [0.25, 0.3) is 5.95 Å². The summed E-state index contributed by atoms with van der Waals surface area (Å²) in [5.41, 5.74) is 4.97. The number of nitrogens with zero attached hydrogens (tertiary/aromatic N) is 5. The Morgan fingerprint density at radius 3 is 2.38 bits per heavy atom. The highest BCUT2D eigenvalue weighted by Gasteiger charge is 2.38. The average Bonchev–Trinajstić information content (AvgIpc) is 3.14. The second-order valence-corrected chi connectivity index (χ2v) is 8.97. The first-order valence-electron chi connectivity index (χ1n) is 11.0. The third kappa shape index (κ3) is 3.96. The Bertz CT molecular complexity index is 1380. The topological polar surface area (TPSA) is 63.9 Å². The van der Waals surface area contributed by atoms with E-state index in [2.05, 4.69) is 9.97 Å². The van der Waals surface area contributed by atoms with Crippen LogP contribution in [0.1, 0.15) is 46.1 Å². The molecule has 0 unspecified atom stereocenters. The van der Waals surface area contributed by atoms with Gasteiger partial charge in [-0.05, 0) is 56.2 Å². The summed E-state index contributed by atoms with van der Waals surface area (Å²) in [6, 6.07) is 15.7. The van der Waals surface area contributed by atoms with Crippen molar-refractivity contribution in [1.82, 2.24) is 19.7 Å². The van der Waals surface area contributed by atoms with Gasteiger partial charge in [-0.15, -0.1) is 0 Å². The molecule has 1 aliphatic heterocycles. The van der Waals surface area contributed by atoms with Crippen molar-refractivity contribution in [2.45, 2.75) is 39.7 Å². The van der Waals surface area contributed by atoms with E-state index < -0.39 is 0 Å². The van der Waals surface area contributed by atoms with Gasteiger partial charge in [0.15, 0.2) is 0 Å². The molecule has 0 fully saturated rings. The molecule has 1 aliphatic rings. The molecule has 0 N–H and O–H groups in total. The predicted octanol–water partition coefficient (Wildman–Crippen LogP) is 5.45. The average molecular weight is 476 g/mol. The van der Waals surface area contributed by atoms with Crippen molar-refractivity contribution in [2.24, 2.45) is 0 Å². The molecule has 0 spiro atoms. The highest BCUT2D eigenvalue weighted by Crippen LogP contribution is 2.43. The number of carbonyl (C=O) groups excluding carboxylic acids is 1. The van der Waals surface area contributed by atoms with Gasteiger partial charge >= 0.3 is 0 Å². The summed E-state index contributed by atoms with van der Waals surface area (Å²) in [5, 5.41) is 5.36. The summed E-state index contributed by atoms with van der Waals surface area (Å²) in [6.07, 6.45) is 0.239. The zero-order chi connectivity index (χ0) is 24.0. The van der Waals surface area contributed by atoms with Crippen LogP contribution in [0.15, 0.2) is 54.6 Å². The van der Waals surface area contributed by atoms with Gasteiger partial charge in [-0.2, -0.15) is 9.78 Å². The third-order valence-corrected chi connectivity index (χ3v) is 6.45. The smallest absolute Gasteiger partial charge is 0.252 e. The van der Waals surface area contributed by atoms with Crippen LogP contribution in [-0.2, 0) is 11.3 Å². The number of hydrogen-bond acceptors (Lipinski definition) is 4. The number of aryl methyl sites for hydroxylation is 3. The Hall–Kier alpha value is -3.58. The lowest BCUT2D eigenvalue weighted by atomic mass is 9.85. The van der Waals surface area contributed by atoms with Gasteiger partial charge < -0.3 is 0 Å². The largest absolute Gasteiger partial charge is 0.292 e. The monoisotopic (exact) mass is 475 g/mol. The van der Waals surface area contributed by atoms with Crippen molar-refractivity contribution < 1.29 is 9.18 Å². The van der Waals surface area contributed by atoms with E-state index in [1.807, 2.05) is 51.1 Å². The Morgan fingerprint density at radius 2 is 1.71 bits per heavy atom. The normalized spacial score (nSPS) is 15.5. The maximum Gasteiger partial charge on any atom is 0.252 e. The number of aromatic nitrogens is 4. The summed E-state index contributed by atoms with van der Waals surface area (Å²) >= 11 is 6.44. The number of amides is 1. The van der Waals surface area contributed by atoms with Gasteiger partial charge in [0.1, 0.15) is 11.6 Å². The molecule has 0 aliphatic carbocycles. The molecule has 0 radical (unpaired) electrons. The standard InChI is InChI=1S/C26H23ClFN5O/c1-15-12-16(2)30-26(29-15)33-25-24(17(3)31-33)21(18-8-10-20(28)11-9-18)13-23(34)32(25)14-19-6-4-5-7-22(19)27/h4-12,21H,13-14H2,1-3H3/t21-/m1/s1. The molecular weight excluding hydrogens is 453 g/mol. The first kappa shape index (κ1) is 22.2. The Labute approximate surface area is 202 Å². The second kappa shape index (κ2) is 8.65. The van der Waals surface area contributed by atoms with E-state index in [1.54, 1.807) is 21.7 Å². The van der Waals surface area contributed by atoms with E-state index in [1.165, 1.54) is 12.1 Å². The highest BCUT2D eigenvalue weighted by atomic mass is 35.5. The molecule has 0 saturated carbocycles. The van der Waals surface area contributed by atoms with Crippen molar-refractivity contribution in [1.29, 1.82) is 0 Å². The molecule has 5 rings (SSSR count). The molecule has 2 aromatic carbocycles. The van der Waals surface area contributed by atoms with Crippen LogP contribution in [0.25, 0.3) is 5.95 Å². The minimum atomic E-state index is -0.317. The third-order valence-electron chi connectivity index (χ3n) is 6.08. The lowest BCUT2D eigenvalue weighted by Crippen LogP contribution is -2.38. The molecule has 6 nitrogen and oxygen atoms in total. The zero-order valence-electron chi connectivity index (χ0n) is 19.1. The second-order valence-electron chi connectivity index (χ2n) is 8.56. The number of carbonyl (C=O) groups is 1. The molecule has 2 aromatic heterocycles. The van der Waals surface area contributed by atoms with Crippen LogP contribution in [0.4, 0.5) is 10.2 Å².